The first-order valence-electron chi connectivity index (χ1n) is 8.15. The van der Waals surface area contributed by atoms with Crippen LogP contribution in [-0.2, 0) is 20.9 Å². The summed E-state index contributed by atoms with van der Waals surface area (Å²) in [5, 5.41) is 13.2. The first kappa shape index (κ1) is 19.8. The second-order valence-electron chi connectivity index (χ2n) is 6.29. The zero-order chi connectivity index (χ0) is 19.5. The summed E-state index contributed by atoms with van der Waals surface area (Å²) in [6.07, 6.45) is 2.26. The highest BCUT2D eigenvalue weighted by atomic mass is 19.2. The molecule has 6 nitrogen and oxygen atoms in total. The molecule has 1 saturated carbocycles. The number of hydrogen-bond acceptors (Lipinski definition) is 5. The number of aliphatic hydroxyl groups is 1. The van der Waals surface area contributed by atoms with Crippen LogP contribution in [0.4, 0.5) is 8.78 Å². The number of nitrogens with zero attached hydrogens (tertiary/aromatic N) is 2. The van der Waals surface area contributed by atoms with E-state index in [9.17, 15) is 23.5 Å². The summed E-state index contributed by atoms with van der Waals surface area (Å²) in [6, 6.07) is 3.73. The van der Waals surface area contributed by atoms with Crippen molar-refractivity contribution >= 4 is 12.4 Å². The van der Waals surface area contributed by atoms with Crippen molar-refractivity contribution in [2.24, 2.45) is 0 Å². The van der Waals surface area contributed by atoms with Crippen molar-refractivity contribution in [1.29, 1.82) is 0 Å². The van der Waals surface area contributed by atoms with Gasteiger partial charge in [0.25, 0.3) is 0 Å². The third-order valence-electron chi connectivity index (χ3n) is 4.96. The maximum absolute atomic E-state index is 13.9. The maximum Gasteiger partial charge on any atom is 0.336 e. The minimum absolute atomic E-state index is 0.00610. The highest BCUT2D eigenvalue weighted by molar-refractivity contribution is 5.88. The number of hydrogen-bond donors (Lipinski definition) is 1. The number of likely N-dealkylation sites (N-methyl/N-ethyl adjacent to an activating group) is 1. The van der Waals surface area contributed by atoms with Crippen LogP contribution in [0.1, 0.15) is 31.7 Å². The van der Waals surface area contributed by atoms with Gasteiger partial charge in [0, 0.05) is 12.6 Å². The highest BCUT2D eigenvalue weighted by Crippen LogP contribution is 2.43. The summed E-state index contributed by atoms with van der Waals surface area (Å²) >= 11 is 0. The van der Waals surface area contributed by atoms with E-state index in [0.29, 0.717) is 19.3 Å². The second kappa shape index (κ2) is 7.82. The third-order valence-corrected chi connectivity index (χ3v) is 4.96. The van der Waals surface area contributed by atoms with Crippen molar-refractivity contribution < 1.29 is 28.2 Å². The van der Waals surface area contributed by atoms with Crippen molar-refractivity contribution in [1.82, 2.24) is 10.0 Å². The van der Waals surface area contributed by atoms with Gasteiger partial charge in [-0.1, -0.05) is 12.1 Å². The van der Waals surface area contributed by atoms with E-state index in [1.54, 1.807) is 7.05 Å². The van der Waals surface area contributed by atoms with E-state index in [1.807, 2.05) is 0 Å². The zero-order valence-electron chi connectivity index (χ0n) is 15.0. The fourth-order valence-corrected chi connectivity index (χ4v) is 3.13. The molecule has 0 aromatic heterocycles. The Kier molecular flexibility index (Phi) is 5.97. The molecule has 0 bridgehead atoms. The van der Waals surface area contributed by atoms with E-state index < -0.39 is 23.1 Å². The van der Waals surface area contributed by atoms with Crippen LogP contribution in [0.25, 0.3) is 0 Å². The number of halogens is 2. The number of amides is 1. The Morgan fingerprint density at radius 3 is 2.54 bits per heavy atom. The number of esters is 1. The smallest absolute Gasteiger partial charge is 0.336 e. The lowest BCUT2D eigenvalue weighted by molar-refractivity contribution is -0.155. The summed E-state index contributed by atoms with van der Waals surface area (Å²) in [5.74, 6) is -2.89. The van der Waals surface area contributed by atoms with Gasteiger partial charge in [-0.3, -0.25) is 9.80 Å². The van der Waals surface area contributed by atoms with E-state index in [1.165, 1.54) is 31.2 Å². The van der Waals surface area contributed by atoms with Crippen molar-refractivity contribution in [2.75, 3.05) is 14.2 Å². The van der Waals surface area contributed by atoms with Crippen molar-refractivity contribution in [3.63, 3.8) is 0 Å². The second-order valence-corrected chi connectivity index (χ2v) is 6.29. The van der Waals surface area contributed by atoms with Crippen LogP contribution in [0.15, 0.2) is 29.5 Å². The summed E-state index contributed by atoms with van der Waals surface area (Å²) in [4.78, 5) is 23.3. The highest BCUT2D eigenvalue weighted by Gasteiger charge is 2.48. The van der Waals surface area contributed by atoms with Gasteiger partial charge in [-0.2, -0.15) is 0 Å². The quantitative estimate of drug-likeness (QED) is 0.263. The standard InChI is InChI=1S/C18H22F2N2O4/c1-12(17(25)26-3)16(24)18(8-5-9-18)21(2)22(11-23)10-13-6-4-7-14(19)15(13)20/h4,6-7,11,24H,5,8-10H2,1-3H3/b16-12-. The SMILES string of the molecule is COC(=O)/C(C)=C(\O)C1(N(C)N(C=O)Cc2cccc(F)c2F)CCC1. The van der Waals surface area contributed by atoms with Crippen LogP contribution in [-0.4, -0.2) is 47.2 Å². The van der Waals surface area contributed by atoms with Crippen LogP contribution in [0.5, 0.6) is 0 Å². The van der Waals surface area contributed by atoms with Crippen LogP contribution in [0.2, 0.25) is 0 Å². The van der Waals surface area contributed by atoms with Crippen LogP contribution in [0, 0.1) is 11.6 Å². The molecular weight excluding hydrogens is 346 g/mol. The summed E-state index contributed by atoms with van der Waals surface area (Å²) in [6.45, 7) is 1.22. The van der Waals surface area contributed by atoms with Gasteiger partial charge >= 0.3 is 5.97 Å². The molecule has 142 valence electrons. The number of rotatable bonds is 7. The lowest BCUT2D eigenvalue weighted by atomic mass is 9.73. The first-order chi connectivity index (χ1) is 12.3. The Hall–Kier alpha value is -2.48. The largest absolute Gasteiger partial charge is 0.510 e. The van der Waals surface area contributed by atoms with E-state index in [4.69, 9.17) is 0 Å². The molecule has 1 aliphatic rings. The lowest BCUT2D eigenvalue weighted by Gasteiger charge is -2.51. The minimum atomic E-state index is -1.03. The molecule has 0 radical (unpaired) electrons. The summed E-state index contributed by atoms with van der Waals surface area (Å²) < 4.78 is 32.0. The number of carbonyl (C=O) groups excluding carboxylic acids is 2. The summed E-state index contributed by atoms with van der Waals surface area (Å²) in [7, 11) is 2.77. The maximum atomic E-state index is 13.9. The van der Waals surface area contributed by atoms with Gasteiger partial charge in [0.2, 0.25) is 6.41 Å². The molecule has 1 aliphatic carbocycles. The lowest BCUT2D eigenvalue weighted by Crippen LogP contribution is -2.60. The van der Waals surface area contributed by atoms with E-state index in [2.05, 4.69) is 4.74 Å². The molecule has 0 spiro atoms. The Bertz CT molecular complexity index is 732. The molecule has 1 aromatic carbocycles. The molecule has 1 aromatic rings. The zero-order valence-corrected chi connectivity index (χ0v) is 15.0. The first-order valence-corrected chi connectivity index (χ1v) is 8.15. The number of ether oxygens (including phenoxy) is 1. The Labute approximate surface area is 150 Å². The normalized spacial score (nSPS) is 16.5. The number of benzene rings is 1. The van der Waals surface area contributed by atoms with Gasteiger partial charge in [-0.15, -0.1) is 0 Å². The summed E-state index contributed by atoms with van der Waals surface area (Å²) in [5.41, 5.74) is -0.920. The van der Waals surface area contributed by atoms with Gasteiger partial charge in [-0.25, -0.2) is 18.6 Å². The average molecular weight is 368 g/mol. The topological polar surface area (TPSA) is 70.1 Å². The molecule has 8 heteroatoms. The van der Waals surface area contributed by atoms with E-state index in [0.717, 1.165) is 17.5 Å². The number of carbonyl (C=O) groups is 2. The van der Waals surface area contributed by atoms with Gasteiger partial charge in [0.05, 0.1) is 24.8 Å². The van der Waals surface area contributed by atoms with Gasteiger partial charge in [0.1, 0.15) is 5.76 Å². The Morgan fingerprint density at radius 1 is 1.38 bits per heavy atom. The van der Waals surface area contributed by atoms with Crippen LogP contribution in [0.3, 0.4) is 0 Å². The fraction of sp³-hybridized carbons (Fsp3) is 0.444. The van der Waals surface area contributed by atoms with Crippen molar-refractivity contribution in [2.45, 2.75) is 38.3 Å². The van der Waals surface area contributed by atoms with Gasteiger partial charge in [0.15, 0.2) is 11.6 Å². The predicted molar refractivity (Wildman–Crippen MR) is 89.7 cm³/mol. The molecular formula is C18H22F2N2O4. The molecule has 0 atom stereocenters. The third kappa shape index (κ3) is 3.41. The molecule has 1 fully saturated rings. The molecule has 0 aliphatic heterocycles. The minimum Gasteiger partial charge on any atom is -0.510 e. The Morgan fingerprint density at radius 2 is 2.04 bits per heavy atom. The predicted octanol–water partition coefficient (Wildman–Crippen LogP) is 2.70. The van der Waals surface area contributed by atoms with E-state index in [-0.39, 0.29) is 23.4 Å². The van der Waals surface area contributed by atoms with Crippen LogP contribution >= 0.6 is 0 Å². The monoisotopic (exact) mass is 368 g/mol. The Balaban J connectivity index is 2.33. The molecule has 2 rings (SSSR count). The van der Waals surface area contributed by atoms with Crippen LogP contribution < -0.4 is 0 Å². The molecule has 1 amide bonds. The van der Waals surface area contributed by atoms with Gasteiger partial charge in [-0.05, 0) is 32.3 Å². The molecule has 0 unspecified atom stereocenters. The van der Waals surface area contributed by atoms with Crippen molar-refractivity contribution in [3.05, 3.63) is 46.7 Å². The van der Waals surface area contributed by atoms with Crippen molar-refractivity contribution in [3.8, 4) is 0 Å². The number of aliphatic hydroxyl groups excluding tert-OH is 1. The molecule has 26 heavy (non-hydrogen) atoms. The fourth-order valence-electron chi connectivity index (χ4n) is 3.13. The number of methoxy groups -OCH3 is 1. The average Bonchev–Trinajstić information content (AvgIpc) is 2.60. The molecule has 0 heterocycles. The van der Waals surface area contributed by atoms with E-state index >= 15 is 0 Å². The van der Waals surface area contributed by atoms with Gasteiger partial charge < -0.3 is 9.84 Å². The molecule has 0 saturated heterocycles. The molecule has 1 N–H and O–H groups in total. The number of hydrazine groups is 1.